The zero-order valence-electron chi connectivity index (χ0n) is 19.5. The van der Waals surface area contributed by atoms with Crippen LogP contribution >= 0.6 is 11.6 Å². The summed E-state index contributed by atoms with van der Waals surface area (Å²) in [6, 6.07) is 3.13. The van der Waals surface area contributed by atoms with Crippen molar-refractivity contribution in [2.24, 2.45) is 0 Å². The molecule has 33 heavy (non-hydrogen) atoms. The van der Waals surface area contributed by atoms with Gasteiger partial charge in [-0.15, -0.1) is 5.10 Å². The van der Waals surface area contributed by atoms with Gasteiger partial charge in [0.1, 0.15) is 17.7 Å². The van der Waals surface area contributed by atoms with Gasteiger partial charge in [0.2, 0.25) is 0 Å². The Balaban J connectivity index is 1.78. The van der Waals surface area contributed by atoms with Gasteiger partial charge in [0.05, 0.1) is 28.9 Å². The second kappa shape index (κ2) is 10.4. The molecule has 1 aromatic carbocycles. The number of carbonyl (C=O) groups is 2. The molecule has 0 bridgehead atoms. The zero-order chi connectivity index (χ0) is 24.1. The molecule has 0 saturated heterocycles. The van der Waals surface area contributed by atoms with Crippen molar-refractivity contribution in [3.8, 4) is 11.4 Å². The van der Waals surface area contributed by atoms with Crippen LogP contribution in [0.3, 0.4) is 0 Å². The van der Waals surface area contributed by atoms with Crippen molar-refractivity contribution in [2.75, 3.05) is 13.7 Å². The SMILES string of the molecule is COc1cc(-n2cnnn2)c(Cl)cc1C(=O)NCC1(NC(=O)OC(C)(C)C)CCCCCC1. The van der Waals surface area contributed by atoms with E-state index in [9.17, 15) is 9.59 Å². The van der Waals surface area contributed by atoms with Crippen LogP contribution in [0.1, 0.15) is 69.7 Å². The van der Waals surface area contributed by atoms with Crippen LogP contribution in [-0.2, 0) is 4.74 Å². The summed E-state index contributed by atoms with van der Waals surface area (Å²) in [5.41, 5.74) is -0.426. The lowest BCUT2D eigenvalue weighted by molar-refractivity contribution is 0.0437. The standard InChI is InChI=1S/C22H31ClN6O4/c1-21(2,3)33-20(31)26-22(9-7-5-6-8-10-22)13-24-19(30)15-11-16(23)17(12-18(15)32-4)29-14-25-27-28-29/h11-12,14H,5-10,13H2,1-4H3,(H,24,30)(H,26,31). The van der Waals surface area contributed by atoms with E-state index in [0.717, 1.165) is 38.5 Å². The second-order valence-corrected chi connectivity index (χ2v) is 9.67. The Hall–Kier alpha value is -2.88. The normalized spacial score (nSPS) is 15.9. The number of tetrazole rings is 1. The lowest BCUT2D eigenvalue weighted by atomic mass is 9.90. The van der Waals surface area contributed by atoms with E-state index in [1.165, 1.54) is 24.2 Å². The van der Waals surface area contributed by atoms with E-state index < -0.39 is 17.2 Å². The molecule has 180 valence electrons. The molecule has 0 atom stereocenters. The van der Waals surface area contributed by atoms with Crippen LogP contribution in [0, 0.1) is 0 Å². The van der Waals surface area contributed by atoms with Gasteiger partial charge in [-0.3, -0.25) is 4.79 Å². The first-order chi connectivity index (χ1) is 15.6. The van der Waals surface area contributed by atoms with Gasteiger partial charge >= 0.3 is 6.09 Å². The van der Waals surface area contributed by atoms with Crippen LogP contribution in [0.25, 0.3) is 5.69 Å². The summed E-state index contributed by atoms with van der Waals surface area (Å²) < 4.78 is 12.3. The molecule has 11 heteroatoms. The molecular formula is C22H31ClN6O4. The minimum atomic E-state index is -0.606. The number of nitrogens with zero attached hydrogens (tertiary/aromatic N) is 4. The van der Waals surface area contributed by atoms with E-state index >= 15 is 0 Å². The highest BCUT2D eigenvalue weighted by molar-refractivity contribution is 6.33. The number of methoxy groups -OCH3 is 1. The topological polar surface area (TPSA) is 120 Å². The molecule has 2 N–H and O–H groups in total. The van der Waals surface area contributed by atoms with Crippen molar-refractivity contribution in [3.63, 3.8) is 0 Å². The fraction of sp³-hybridized carbons (Fsp3) is 0.591. The Bertz CT molecular complexity index is 966. The highest BCUT2D eigenvalue weighted by atomic mass is 35.5. The molecule has 2 amide bonds. The van der Waals surface area contributed by atoms with Gasteiger partial charge in [0, 0.05) is 12.6 Å². The molecule has 1 aliphatic carbocycles. The summed E-state index contributed by atoms with van der Waals surface area (Å²) in [6.07, 6.45) is 6.53. The van der Waals surface area contributed by atoms with Crippen molar-refractivity contribution < 1.29 is 19.1 Å². The molecule has 2 aromatic rings. The monoisotopic (exact) mass is 478 g/mol. The van der Waals surface area contributed by atoms with Crippen molar-refractivity contribution in [1.82, 2.24) is 30.8 Å². The smallest absolute Gasteiger partial charge is 0.408 e. The third-order valence-corrected chi connectivity index (χ3v) is 5.83. The molecule has 0 spiro atoms. The molecule has 1 heterocycles. The van der Waals surface area contributed by atoms with Crippen LogP contribution < -0.4 is 15.4 Å². The Labute approximate surface area is 198 Å². The summed E-state index contributed by atoms with van der Waals surface area (Å²) in [6.45, 7) is 5.73. The fourth-order valence-corrected chi connectivity index (χ4v) is 4.20. The number of hydrogen-bond acceptors (Lipinski definition) is 7. The highest BCUT2D eigenvalue weighted by Gasteiger charge is 2.35. The molecule has 1 fully saturated rings. The molecule has 1 aliphatic rings. The minimum absolute atomic E-state index is 0.264. The summed E-state index contributed by atoms with van der Waals surface area (Å²) in [5, 5.41) is 17.3. The largest absolute Gasteiger partial charge is 0.496 e. The Kier molecular flexibility index (Phi) is 7.78. The molecule has 3 rings (SSSR count). The van der Waals surface area contributed by atoms with E-state index in [2.05, 4.69) is 26.2 Å². The third-order valence-electron chi connectivity index (χ3n) is 5.52. The number of ether oxygens (including phenoxy) is 2. The van der Waals surface area contributed by atoms with Crippen molar-refractivity contribution in [3.05, 3.63) is 29.0 Å². The van der Waals surface area contributed by atoms with Crippen LogP contribution in [0.2, 0.25) is 5.02 Å². The Morgan fingerprint density at radius 1 is 1.18 bits per heavy atom. The first-order valence-electron chi connectivity index (χ1n) is 11.0. The summed E-state index contributed by atoms with van der Waals surface area (Å²) in [5.74, 6) is -0.0240. The minimum Gasteiger partial charge on any atom is -0.496 e. The Morgan fingerprint density at radius 2 is 1.88 bits per heavy atom. The van der Waals surface area contributed by atoms with Crippen LogP contribution in [-0.4, -0.2) is 57.0 Å². The number of carbonyl (C=O) groups excluding carboxylic acids is 2. The van der Waals surface area contributed by atoms with Gasteiger partial charge in [-0.1, -0.05) is 37.3 Å². The second-order valence-electron chi connectivity index (χ2n) is 9.26. The van der Waals surface area contributed by atoms with Crippen molar-refractivity contribution in [1.29, 1.82) is 0 Å². The summed E-state index contributed by atoms with van der Waals surface area (Å²) >= 11 is 6.40. The van der Waals surface area contributed by atoms with Crippen LogP contribution in [0.15, 0.2) is 18.5 Å². The number of nitrogens with one attached hydrogen (secondary N) is 2. The lowest BCUT2D eigenvalue weighted by Gasteiger charge is -2.35. The number of halogens is 1. The molecular weight excluding hydrogens is 448 g/mol. The maximum Gasteiger partial charge on any atom is 0.408 e. The highest BCUT2D eigenvalue weighted by Crippen LogP contribution is 2.30. The van der Waals surface area contributed by atoms with Gasteiger partial charge in [-0.05, 0) is 50.1 Å². The molecule has 0 unspecified atom stereocenters. The number of rotatable bonds is 6. The van der Waals surface area contributed by atoms with E-state index in [1.807, 2.05) is 20.8 Å². The quantitative estimate of drug-likeness (QED) is 0.607. The third kappa shape index (κ3) is 6.56. The fourth-order valence-electron chi connectivity index (χ4n) is 3.95. The van der Waals surface area contributed by atoms with Crippen molar-refractivity contribution in [2.45, 2.75) is 70.4 Å². The molecule has 1 aromatic heterocycles. The molecule has 10 nitrogen and oxygen atoms in total. The van der Waals surface area contributed by atoms with E-state index in [0.29, 0.717) is 16.5 Å². The number of benzene rings is 1. The average molecular weight is 479 g/mol. The number of amides is 2. The first-order valence-corrected chi connectivity index (χ1v) is 11.4. The number of aromatic nitrogens is 4. The Morgan fingerprint density at radius 3 is 2.45 bits per heavy atom. The van der Waals surface area contributed by atoms with Gasteiger partial charge in [0.25, 0.3) is 5.91 Å². The van der Waals surface area contributed by atoms with Gasteiger partial charge < -0.3 is 20.1 Å². The zero-order valence-corrected chi connectivity index (χ0v) is 20.2. The molecule has 1 saturated carbocycles. The lowest BCUT2D eigenvalue weighted by Crippen LogP contribution is -2.56. The predicted octanol–water partition coefficient (Wildman–Crippen LogP) is 3.67. The van der Waals surface area contributed by atoms with Crippen LogP contribution in [0.5, 0.6) is 5.75 Å². The maximum atomic E-state index is 13.1. The predicted molar refractivity (Wildman–Crippen MR) is 123 cm³/mol. The van der Waals surface area contributed by atoms with Crippen LogP contribution in [0.4, 0.5) is 4.79 Å². The number of hydrogen-bond donors (Lipinski definition) is 2. The molecule has 0 aliphatic heterocycles. The summed E-state index contributed by atoms with van der Waals surface area (Å²) in [7, 11) is 1.47. The maximum absolute atomic E-state index is 13.1. The average Bonchev–Trinajstić information content (AvgIpc) is 3.18. The number of alkyl carbamates (subject to hydrolysis) is 1. The molecule has 0 radical (unpaired) electrons. The van der Waals surface area contributed by atoms with Gasteiger partial charge in [-0.25, -0.2) is 4.79 Å². The summed E-state index contributed by atoms with van der Waals surface area (Å²) in [4.78, 5) is 25.7. The van der Waals surface area contributed by atoms with E-state index in [4.69, 9.17) is 21.1 Å². The van der Waals surface area contributed by atoms with Crippen molar-refractivity contribution >= 4 is 23.6 Å². The van der Waals surface area contributed by atoms with E-state index in [1.54, 1.807) is 6.07 Å². The first kappa shape index (κ1) is 24.8. The van der Waals surface area contributed by atoms with Gasteiger partial charge in [0.15, 0.2) is 0 Å². The van der Waals surface area contributed by atoms with E-state index in [-0.39, 0.29) is 18.0 Å². The van der Waals surface area contributed by atoms with Gasteiger partial charge in [-0.2, -0.15) is 4.68 Å².